The van der Waals surface area contributed by atoms with Crippen LogP contribution in [0.1, 0.15) is 38.4 Å². The zero-order valence-electron chi connectivity index (χ0n) is 12.3. The molecule has 1 aromatic rings. The molecule has 1 heterocycles. The number of hydrogen-bond donors (Lipinski definition) is 1. The van der Waals surface area contributed by atoms with Gasteiger partial charge in [-0.05, 0) is 32.4 Å². The Morgan fingerprint density at radius 3 is 2.53 bits per heavy atom. The van der Waals surface area contributed by atoms with Crippen molar-refractivity contribution in [3.05, 3.63) is 29.8 Å². The summed E-state index contributed by atoms with van der Waals surface area (Å²) in [7, 11) is 2.16. The lowest BCUT2D eigenvalue weighted by molar-refractivity contribution is 0.198. The molecule has 2 rings (SSSR count). The van der Waals surface area contributed by atoms with Crippen LogP contribution < -0.4 is 4.90 Å². The highest BCUT2D eigenvalue weighted by Gasteiger charge is 2.23. The molecular formula is C16H26N2O. The third-order valence-corrected chi connectivity index (χ3v) is 4.32. The Hall–Kier alpha value is -1.06. The molecule has 1 unspecified atom stereocenters. The number of rotatable bonds is 4. The van der Waals surface area contributed by atoms with Gasteiger partial charge in [0.05, 0.1) is 6.10 Å². The minimum Gasteiger partial charge on any atom is -0.389 e. The summed E-state index contributed by atoms with van der Waals surface area (Å²) in [5.74, 6) is 0. The number of aliphatic hydroxyl groups is 1. The molecule has 3 heteroatoms. The first-order valence-electron chi connectivity index (χ1n) is 7.35. The Morgan fingerprint density at radius 2 is 1.95 bits per heavy atom. The number of aliphatic hydroxyl groups excluding tert-OH is 1. The fourth-order valence-electron chi connectivity index (χ4n) is 2.98. The highest BCUT2D eigenvalue weighted by atomic mass is 16.3. The number of piperidine rings is 1. The number of hydrogen-bond acceptors (Lipinski definition) is 3. The molecule has 1 fully saturated rings. The molecule has 0 bridgehead atoms. The van der Waals surface area contributed by atoms with Gasteiger partial charge in [0.15, 0.2) is 0 Å². The summed E-state index contributed by atoms with van der Waals surface area (Å²) in [6.45, 7) is 7.59. The normalized spacial score (nSPS) is 19.4. The van der Waals surface area contributed by atoms with E-state index in [1.165, 1.54) is 31.6 Å². The maximum atomic E-state index is 9.90. The van der Waals surface area contributed by atoms with E-state index >= 15 is 0 Å². The van der Waals surface area contributed by atoms with Gasteiger partial charge in [-0.3, -0.25) is 0 Å². The quantitative estimate of drug-likeness (QED) is 0.903. The molecule has 0 spiro atoms. The van der Waals surface area contributed by atoms with Crippen LogP contribution in [-0.4, -0.2) is 42.7 Å². The Bertz CT molecular complexity index is 397. The van der Waals surface area contributed by atoms with Gasteiger partial charge in [-0.2, -0.15) is 0 Å². The van der Waals surface area contributed by atoms with E-state index in [-0.39, 0.29) is 0 Å². The summed E-state index contributed by atoms with van der Waals surface area (Å²) in [6, 6.07) is 8.78. The van der Waals surface area contributed by atoms with Crippen molar-refractivity contribution in [1.29, 1.82) is 0 Å². The standard InChI is InChI=1S/C16H26N2O/c1-4-18-11-9-14(10-12-18)17(3)16-8-6-5-7-15(16)13(2)19/h5-8,13-14,19H,4,9-12H2,1-3H3. The third kappa shape index (κ3) is 3.28. The van der Waals surface area contributed by atoms with Crippen LogP contribution in [0.2, 0.25) is 0 Å². The van der Waals surface area contributed by atoms with Gasteiger partial charge in [-0.15, -0.1) is 0 Å². The summed E-state index contributed by atoms with van der Waals surface area (Å²) in [5, 5.41) is 9.90. The summed E-state index contributed by atoms with van der Waals surface area (Å²) < 4.78 is 0. The summed E-state index contributed by atoms with van der Waals surface area (Å²) in [6.07, 6.45) is 2.01. The predicted octanol–water partition coefficient (Wildman–Crippen LogP) is 2.66. The fraction of sp³-hybridized carbons (Fsp3) is 0.625. The number of benzene rings is 1. The molecule has 0 aromatic heterocycles. The van der Waals surface area contributed by atoms with Crippen LogP contribution in [0.15, 0.2) is 24.3 Å². The van der Waals surface area contributed by atoms with Crippen LogP contribution in [0.5, 0.6) is 0 Å². The van der Waals surface area contributed by atoms with Crippen molar-refractivity contribution >= 4 is 5.69 Å². The average molecular weight is 262 g/mol. The molecule has 0 radical (unpaired) electrons. The van der Waals surface area contributed by atoms with Gasteiger partial charge in [0.2, 0.25) is 0 Å². The lowest BCUT2D eigenvalue weighted by Gasteiger charge is -2.38. The Balaban J connectivity index is 2.10. The van der Waals surface area contributed by atoms with Crippen molar-refractivity contribution < 1.29 is 5.11 Å². The lowest BCUT2D eigenvalue weighted by atomic mass is 10.0. The van der Waals surface area contributed by atoms with E-state index in [4.69, 9.17) is 0 Å². The number of anilines is 1. The van der Waals surface area contributed by atoms with Crippen molar-refractivity contribution in [3.8, 4) is 0 Å². The number of para-hydroxylation sites is 1. The van der Waals surface area contributed by atoms with Gasteiger partial charge >= 0.3 is 0 Å². The van der Waals surface area contributed by atoms with Crippen LogP contribution in [-0.2, 0) is 0 Å². The Labute approximate surface area is 116 Å². The molecule has 1 aliphatic heterocycles. The van der Waals surface area contributed by atoms with Crippen molar-refractivity contribution in [2.45, 2.75) is 38.8 Å². The highest BCUT2D eigenvalue weighted by Crippen LogP contribution is 2.29. The summed E-state index contributed by atoms with van der Waals surface area (Å²) >= 11 is 0. The molecule has 1 aliphatic rings. The molecule has 0 saturated carbocycles. The molecule has 1 aromatic carbocycles. The maximum Gasteiger partial charge on any atom is 0.0781 e. The molecule has 1 saturated heterocycles. The molecule has 3 nitrogen and oxygen atoms in total. The van der Waals surface area contributed by atoms with Crippen molar-refractivity contribution in [2.75, 3.05) is 31.6 Å². The first-order chi connectivity index (χ1) is 9.13. The van der Waals surface area contributed by atoms with E-state index in [0.29, 0.717) is 6.04 Å². The zero-order valence-corrected chi connectivity index (χ0v) is 12.3. The van der Waals surface area contributed by atoms with Crippen molar-refractivity contribution in [3.63, 3.8) is 0 Å². The highest BCUT2D eigenvalue weighted by molar-refractivity contribution is 5.54. The largest absolute Gasteiger partial charge is 0.389 e. The fourth-order valence-corrected chi connectivity index (χ4v) is 2.98. The second-order valence-electron chi connectivity index (χ2n) is 5.51. The van der Waals surface area contributed by atoms with E-state index in [1.807, 2.05) is 19.1 Å². The van der Waals surface area contributed by atoms with Crippen molar-refractivity contribution in [1.82, 2.24) is 4.90 Å². The van der Waals surface area contributed by atoms with E-state index in [9.17, 15) is 5.11 Å². The predicted molar refractivity (Wildman–Crippen MR) is 80.6 cm³/mol. The molecule has 1 atom stereocenters. The topological polar surface area (TPSA) is 26.7 Å². The van der Waals surface area contributed by atoms with Gasteiger partial charge in [-0.25, -0.2) is 0 Å². The van der Waals surface area contributed by atoms with Gasteiger partial charge in [0.1, 0.15) is 0 Å². The molecule has 1 N–H and O–H groups in total. The van der Waals surface area contributed by atoms with E-state index in [2.05, 4.69) is 35.9 Å². The van der Waals surface area contributed by atoms with Crippen molar-refractivity contribution in [2.24, 2.45) is 0 Å². The molecule has 0 amide bonds. The first-order valence-corrected chi connectivity index (χ1v) is 7.35. The van der Waals surface area contributed by atoms with Crippen LogP contribution >= 0.6 is 0 Å². The summed E-state index contributed by atoms with van der Waals surface area (Å²) in [5.41, 5.74) is 2.20. The van der Waals surface area contributed by atoms with Gasteiger partial charge in [0, 0.05) is 37.4 Å². The third-order valence-electron chi connectivity index (χ3n) is 4.32. The zero-order chi connectivity index (χ0) is 13.8. The molecule has 19 heavy (non-hydrogen) atoms. The Morgan fingerprint density at radius 1 is 1.32 bits per heavy atom. The first kappa shape index (κ1) is 14.4. The van der Waals surface area contributed by atoms with Gasteiger partial charge < -0.3 is 14.9 Å². The van der Waals surface area contributed by atoms with Crippen LogP contribution in [0, 0.1) is 0 Å². The van der Waals surface area contributed by atoms with E-state index < -0.39 is 6.10 Å². The minimum absolute atomic E-state index is 0.408. The smallest absolute Gasteiger partial charge is 0.0781 e. The maximum absolute atomic E-state index is 9.90. The van der Waals surface area contributed by atoms with Crippen LogP contribution in [0.25, 0.3) is 0 Å². The molecular weight excluding hydrogens is 236 g/mol. The SMILES string of the molecule is CCN1CCC(N(C)c2ccccc2C(C)O)CC1. The van der Waals surface area contributed by atoms with Gasteiger partial charge in [0.25, 0.3) is 0 Å². The van der Waals surface area contributed by atoms with Crippen LogP contribution in [0.4, 0.5) is 5.69 Å². The lowest BCUT2D eigenvalue weighted by Crippen LogP contribution is -2.43. The Kier molecular flexibility index (Phi) is 4.83. The second kappa shape index (κ2) is 6.40. The van der Waals surface area contributed by atoms with Gasteiger partial charge in [-0.1, -0.05) is 25.1 Å². The van der Waals surface area contributed by atoms with Crippen LogP contribution in [0.3, 0.4) is 0 Å². The second-order valence-corrected chi connectivity index (χ2v) is 5.51. The van der Waals surface area contributed by atoms with E-state index in [0.717, 1.165) is 12.1 Å². The monoisotopic (exact) mass is 262 g/mol. The molecule has 106 valence electrons. The van der Waals surface area contributed by atoms with E-state index in [1.54, 1.807) is 0 Å². The number of likely N-dealkylation sites (tertiary alicyclic amines) is 1. The molecule has 0 aliphatic carbocycles. The minimum atomic E-state index is -0.408. The average Bonchev–Trinajstić information content (AvgIpc) is 2.46. The number of nitrogens with zero attached hydrogens (tertiary/aromatic N) is 2. The summed E-state index contributed by atoms with van der Waals surface area (Å²) in [4.78, 5) is 4.86.